The molecule has 1 aromatic carbocycles. The summed E-state index contributed by atoms with van der Waals surface area (Å²) >= 11 is 2.66. The van der Waals surface area contributed by atoms with E-state index in [1.807, 2.05) is 25.1 Å². The molecular weight excluding hydrogens is 697 g/mol. The van der Waals surface area contributed by atoms with E-state index in [1.54, 1.807) is 13.8 Å². The number of aryl methyl sites for hydroxylation is 1. The zero-order valence-electron chi connectivity index (χ0n) is 29.6. The zero-order chi connectivity index (χ0) is 37.6. The lowest BCUT2D eigenvalue weighted by Crippen LogP contribution is -2.14. The van der Waals surface area contributed by atoms with Crippen molar-refractivity contribution in [2.45, 2.75) is 94.8 Å². The lowest BCUT2D eigenvalue weighted by molar-refractivity contribution is -0.150. The van der Waals surface area contributed by atoms with Crippen LogP contribution in [0, 0.1) is 29.6 Å². The van der Waals surface area contributed by atoms with Crippen molar-refractivity contribution in [3.05, 3.63) is 45.7 Å². The van der Waals surface area contributed by atoms with E-state index in [2.05, 4.69) is 13.2 Å². The molecule has 0 spiro atoms. The number of nitrogens with zero attached hydrogens (tertiary/aromatic N) is 2. The predicted molar refractivity (Wildman–Crippen MR) is 192 cm³/mol. The highest BCUT2D eigenvalue weighted by atomic mass is 32.2. The third kappa shape index (κ3) is 16.0. The molecule has 0 N–H and O–H groups in total. The number of allylic oxidation sites excluding steroid dienone is 1. The number of rotatable bonds is 24. The van der Waals surface area contributed by atoms with Gasteiger partial charge in [-0.15, -0.1) is 0 Å². The van der Waals surface area contributed by atoms with Crippen molar-refractivity contribution >= 4 is 47.4 Å². The molecular formula is C37H46N2O10S2. The Morgan fingerprint density at radius 1 is 0.647 bits per heavy atom. The fraction of sp³-hybridized carbons (Fsp3) is 0.514. The molecule has 51 heavy (non-hydrogen) atoms. The molecule has 0 aliphatic carbocycles. The summed E-state index contributed by atoms with van der Waals surface area (Å²) < 4.78 is 32.9. The normalized spacial score (nSPS) is 11.4. The smallest absolute Gasteiger partial charge is 0.333 e. The first kappa shape index (κ1) is 42.8. The highest BCUT2D eigenvalue weighted by Gasteiger charge is 2.30. The molecule has 276 valence electrons. The maximum absolute atomic E-state index is 11.9. The number of thioether (sulfide) groups is 2. The molecule has 0 atom stereocenters. The Hall–Kier alpha value is -4.40. The molecule has 1 aliphatic rings. The van der Waals surface area contributed by atoms with E-state index in [0.717, 1.165) is 53.9 Å². The minimum absolute atomic E-state index is 0.00396. The number of carbonyl (C=O) groups is 4. The topological polar surface area (TPSA) is 171 Å². The van der Waals surface area contributed by atoms with Crippen molar-refractivity contribution in [1.29, 1.82) is 10.5 Å². The summed E-state index contributed by atoms with van der Waals surface area (Å²) in [5.41, 5.74) is 1.49. The maximum atomic E-state index is 11.9. The van der Waals surface area contributed by atoms with Crippen molar-refractivity contribution < 1.29 is 47.6 Å². The van der Waals surface area contributed by atoms with E-state index >= 15 is 0 Å². The van der Waals surface area contributed by atoms with Crippen LogP contribution in [0.25, 0.3) is 0 Å². The Bertz CT molecular complexity index is 1520. The monoisotopic (exact) mass is 742 g/mol. The van der Waals surface area contributed by atoms with Crippen molar-refractivity contribution in [1.82, 2.24) is 0 Å². The SMILES string of the molecule is C=C(C)C(=O)OCCOC(=O)CCCCCCOc1cc(C)c(OCCCCCCC(=O)OCCOC(=O)C(=C)C)c2c1SC(=C(C#N)C#N)S2. The van der Waals surface area contributed by atoms with Gasteiger partial charge >= 0.3 is 23.9 Å². The molecule has 0 saturated heterocycles. The van der Waals surface area contributed by atoms with Crippen LogP contribution in [0.1, 0.15) is 83.6 Å². The van der Waals surface area contributed by atoms with Crippen molar-refractivity contribution in [3.63, 3.8) is 0 Å². The van der Waals surface area contributed by atoms with E-state index in [4.69, 9.17) is 28.4 Å². The fourth-order valence-electron chi connectivity index (χ4n) is 4.40. The van der Waals surface area contributed by atoms with Crippen LogP contribution >= 0.6 is 23.5 Å². The summed E-state index contributed by atoms with van der Waals surface area (Å²) in [6.07, 6.45) is 6.75. The zero-order valence-corrected chi connectivity index (χ0v) is 31.2. The molecule has 12 nitrogen and oxygen atoms in total. The Morgan fingerprint density at radius 3 is 1.59 bits per heavy atom. The Labute approximate surface area is 308 Å². The van der Waals surface area contributed by atoms with Gasteiger partial charge in [0, 0.05) is 24.0 Å². The molecule has 1 aromatic rings. The quantitative estimate of drug-likeness (QED) is 0.0336. The third-order valence-electron chi connectivity index (χ3n) is 7.07. The first-order valence-electron chi connectivity index (χ1n) is 16.8. The molecule has 0 aromatic heterocycles. The van der Waals surface area contributed by atoms with Crippen molar-refractivity contribution in [2.75, 3.05) is 39.6 Å². The summed E-state index contributed by atoms with van der Waals surface area (Å²) in [4.78, 5) is 48.1. The van der Waals surface area contributed by atoms with Gasteiger partial charge in [-0.25, -0.2) is 9.59 Å². The molecule has 0 bridgehead atoms. The van der Waals surface area contributed by atoms with E-state index in [-0.39, 0.29) is 67.9 Å². The largest absolute Gasteiger partial charge is 0.492 e. The predicted octanol–water partition coefficient (Wildman–Crippen LogP) is 7.44. The average Bonchev–Trinajstić information content (AvgIpc) is 3.54. The average molecular weight is 743 g/mol. The van der Waals surface area contributed by atoms with Gasteiger partial charge in [-0.05, 0) is 58.1 Å². The molecule has 0 radical (unpaired) electrons. The van der Waals surface area contributed by atoms with Gasteiger partial charge in [0.25, 0.3) is 0 Å². The van der Waals surface area contributed by atoms with Gasteiger partial charge in [0.2, 0.25) is 0 Å². The molecule has 14 heteroatoms. The Balaban J connectivity index is 1.77. The van der Waals surface area contributed by atoms with Gasteiger partial charge in [-0.2, -0.15) is 10.5 Å². The number of carbonyl (C=O) groups excluding carboxylic acids is 4. The molecule has 1 aliphatic heterocycles. The number of ether oxygens (including phenoxy) is 6. The maximum Gasteiger partial charge on any atom is 0.333 e. The minimum atomic E-state index is -0.515. The summed E-state index contributed by atoms with van der Waals surface area (Å²) in [7, 11) is 0. The Morgan fingerprint density at radius 2 is 1.10 bits per heavy atom. The van der Waals surface area contributed by atoms with E-state index in [0.29, 0.717) is 41.8 Å². The van der Waals surface area contributed by atoms with Gasteiger partial charge in [-0.3, -0.25) is 9.59 Å². The van der Waals surface area contributed by atoms with Crippen LogP contribution in [0.3, 0.4) is 0 Å². The van der Waals surface area contributed by atoms with Crippen molar-refractivity contribution in [2.24, 2.45) is 0 Å². The van der Waals surface area contributed by atoms with Crippen LogP contribution in [0.2, 0.25) is 0 Å². The van der Waals surface area contributed by atoms with E-state index in [1.165, 1.54) is 23.5 Å². The lowest BCUT2D eigenvalue weighted by Gasteiger charge is -2.16. The number of hydrogen-bond acceptors (Lipinski definition) is 14. The molecule has 0 saturated carbocycles. The van der Waals surface area contributed by atoms with Crippen LogP contribution in [0.5, 0.6) is 11.5 Å². The number of esters is 4. The van der Waals surface area contributed by atoms with Gasteiger partial charge in [0.15, 0.2) is 0 Å². The van der Waals surface area contributed by atoms with Crippen LogP contribution < -0.4 is 9.47 Å². The van der Waals surface area contributed by atoms with Crippen LogP contribution in [-0.2, 0) is 38.1 Å². The van der Waals surface area contributed by atoms with E-state index < -0.39 is 11.9 Å². The fourth-order valence-corrected chi connectivity index (χ4v) is 6.98. The molecule has 2 rings (SSSR count). The van der Waals surface area contributed by atoms with E-state index in [9.17, 15) is 29.7 Å². The van der Waals surface area contributed by atoms with Gasteiger partial charge in [0.05, 0.1) is 27.2 Å². The van der Waals surface area contributed by atoms with Crippen molar-refractivity contribution in [3.8, 4) is 23.6 Å². The summed E-state index contributed by atoms with van der Waals surface area (Å²) in [6.45, 7) is 12.9. The van der Waals surface area contributed by atoms with Crippen LogP contribution in [0.15, 0.2) is 50.0 Å². The number of fused-ring (bicyclic) bond motifs is 1. The summed E-state index contributed by atoms with van der Waals surface area (Å²) in [5, 5.41) is 19.0. The van der Waals surface area contributed by atoms with Gasteiger partial charge < -0.3 is 28.4 Å². The second-order valence-corrected chi connectivity index (χ2v) is 13.9. The van der Waals surface area contributed by atoms with Gasteiger partial charge in [0.1, 0.15) is 55.6 Å². The highest BCUT2D eigenvalue weighted by Crippen LogP contribution is 2.59. The first-order valence-corrected chi connectivity index (χ1v) is 18.4. The second kappa shape index (κ2) is 23.9. The Kier molecular flexibility index (Phi) is 20.0. The van der Waals surface area contributed by atoms with Crippen LogP contribution in [0.4, 0.5) is 0 Å². The highest BCUT2D eigenvalue weighted by molar-refractivity contribution is 8.24. The molecule has 1 heterocycles. The molecule has 0 unspecified atom stereocenters. The minimum Gasteiger partial charge on any atom is -0.492 e. The first-order chi connectivity index (χ1) is 24.5. The lowest BCUT2D eigenvalue weighted by atomic mass is 10.1. The summed E-state index contributed by atoms with van der Waals surface area (Å²) in [6, 6.07) is 5.86. The number of hydrogen-bond donors (Lipinski definition) is 0. The second-order valence-electron chi connectivity index (χ2n) is 11.6. The number of benzene rings is 1. The standard InChI is InChI=1S/C37H46N2O10S2/c1-25(2)35(42)48-20-18-45-30(40)14-10-6-8-12-16-44-29-22-27(5)32(34-33(29)50-37(51-34)28(23-38)24-39)47-17-13-9-7-11-15-31(41)46-19-21-49-36(43)26(3)4/h22H,1,3,6-21H2,2,4-5H3. The van der Waals surface area contributed by atoms with Crippen LogP contribution in [-0.4, -0.2) is 63.5 Å². The third-order valence-corrected chi connectivity index (χ3v) is 9.68. The summed E-state index contributed by atoms with van der Waals surface area (Å²) in [5.74, 6) is -0.355. The molecule has 0 amide bonds. The number of unbranched alkanes of at least 4 members (excludes halogenated alkanes) is 6. The van der Waals surface area contributed by atoms with Gasteiger partial charge in [-0.1, -0.05) is 62.4 Å². The molecule has 0 fully saturated rings. The number of nitriles is 2.